The van der Waals surface area contributed by atoms with Crippen LogP contribution < -0.4 is 4.74 Å². The van der Waals surface area contributed by atoms with Crippen molar-refractivity contribution in [1.82, 2.24) is 4.98 Å². The summed E-state index contributed by atoms with van der Waals surface area (Å²) in [5, 5.41) is 19.7. The van der Waals surface area contributed by atoms with E-state index in [1.54, 1.807) is 0 Å². The van der Waals surface area contributed by atoms with Crippen molar-refractivity contribution < 1.29 is 24.0 Å². The zero-order valence-electron chi connectivity index (χ0n) is 10.5. The van der Waals surface area contributed by atoms with Crippen molar-refractivity contribution in [3.63, 3.8) is 0 Å². The second-order valence-electron chi connectivity index (χ2n) is 4.04. The molecule has 0 aliphatic carbocycles. The minimum absolute atomic E-state index is 0.0441. The standard InChI is InChI=1S/C13H9FN2O5/c14-9-3-8(5-15-6-9)7-21-12-2-1-10(16(19)20)4-11(12)13(17)18/h1-6H,7H2,(H,17,18). The van der Waals surface area contributed by atoms with Crippen LogP contribution in [0.15, 0.2) is 36.7 Å². The molecular weight excluding hydrogens is 283 g/mol. The Morgan fingerprint density at radius 3 is 2.76 bits per heavy atom. The molecule has 0 spiro atoms. The van der Waals surface area contributed by atoms with Crippen molar-refractivity contribution >= 4 is 11.7 Å². The van der Waals surface area contributed by atoms with Crippen LogP contribution in [0.4, 0.5) is 10.1 Å². The highest BCUT2D eigenvalue weighted by atomic mass is 19.1. The topological polar surface area (TPSA) is 103 Å². The van der Waals surface area contributed by atoms with E-state index < -0.39 is 16.7 Å². The highest BCUT2D eigenvalue weighted by molar-refractivity contribution is 5.91. The third-order valence-corrected chi connectivity index (χ3v) is 2.56. The van der Waals surface area contributed by atoms with Gasteiger partial charge in [0.1, 0.15) is 23.7 Å². The Kier molecular flexibility index (Phi) is 4.07. The van der Waals surface area contributed by atoms with Gasteiger partial charge >= 0.3 is 5.97 Å². The summed E-state index contributed by atoms with van der Waals surface area (Å²) in [6, 6.07) is 4.42. The highest BCUT2D eigenvalue weighted by Crippen LogP contribution is 2.25. The second-order valence-corrected chi connectivity index (χ2v) is 4.04. The lowest BCUT2D eigenvalue weighted by molar-refractivity contribution is -0.384. The maximum Gasteiger partial charge on any atom is 0.339 e. The number of carboxylic acid groups (broad SMARTS) is 1. The van der Waals surface area contributed by atoms with Crippen LogP contribution in [0.2, 0.25) is 0 Å². The number of aromatic nitrogens is 1. The lowest BCUT2D eigenvalue weighted by atomic mass is 10.2. The van der Waals surface area contributed by atoms with E-state index in [0.717, 1.165) is 18.3 Å². The summed E-state index contributed by atoms with van der Waals surface area (Å²) < 4.78 is 18.2. The number of aromatic carboxylic acids is 1. The zero-order chi connectivity index (χ0) is 15.4. The first-order valence-electron chi connectivity index (χ1n) is 5.71. The second kappa shape index (κ2) is 5.95. The van der Waals surface area contributed by atoms with Gasteiger partial charge in [-0.2, -0.15) is 0 Å². The van der Waals surface area contributed by atoms with Crippen molar-refractivity contribution in [1.29, 1.82) is 0 Å². The molecule has 1 aromatic carbocycles. The number of hydrogen-bond acceptors (Lipinski definition) is 5. The number of benzene rings is 1. The van der Waals surface area contributed by atoms with Crippen molar-refractivity contribution in [2.75, 3.05) is 0 Å². The number of rotatable bonds is 5. The Labute approximate surface area is 117 Å². The van der Waals surface area contributed by atoms with Gasteiger partial charge in [0, 0.05) is 23.9 Å². The van der Waals surface area contributed by atoms with Crippen LogP contribution in [-0.4, -0.2) is 21.0 Å². The molecule has 1 N–H and O–H groups in total. The molecule has 0 radical (unpaired) electrons. The molecule has 0 amide bonds. The number of non-ortho nitro benzene ring substituents is 1. The largest absolute Gasteiger partial charge is 0.488 e. The minimum Gasteiger partial charge on any atom is -0.488 e. The number of hydrogen-bond donors (Lipinski definition) is 1. The maximum atomic E-state index is 13.0. The molecule has 0 saturated heterocycles. The fourth-order valence-corrected chi connectivity index (χ4v) is 1.62. The van der Waals surface area contributed by atoms with E-state index in [4.69, 9.17) is 9.84 Å². The average Bonchev–Trinajstić information content (AvgIpc) is 2.44. The molecular formula is C13H9FN2O5. The maximum absolute atomic E-state index is 13.0. The Hall–Kier alpha value is -3.03. The first-order chi connectivity index (χ1) is 9.97. The molecule has 0 atom stereocenters. The normalized spacial score (nSPS) is 10.1. The number of nitrogens with zero attached hydrogens (tertiary/aromatic N) is 2. The zero-order valence-corrected chi connectivity index (χ0v) is 10.5. The molecule has 2 aromatic rings. The summed E-state index contributed by atoms with van der Waals surface area (Å²) in [6.45, 7) is -0.108. The van der Waals surface area contributed by atoms with Gasteiger partial charge in [-0.1, -0.05) is 0 Å². The number of ether oxygens (including phenoxy) is 1. The summed E-state index contributed by atoms with van der Waals surface area (Å²) in [5.74, 6) is -1.94. The Morgan fingerprint density at radius 1 is 1.38 bits per heavy atom. The molecule has 2 rings (SSSR count). The summed E-state index contributed by atoms with van der Waals surface area (Å²) in [6.07, 6.45) is 2.40. The van der Waals surface area contributed by atoms with Crippen LogP contribution in [-0.2, 0) is 6.61 Å². The smallest absolute Gasteiger partial charge is 0.339 e. The van der Waals surface area contributed by atoms with Crippen LogP contribution in [0.5, 0.6) is 5.75 Å². The van der Waals surface area contributed by atoms with E-state index in [-0.39, 0.29) is 23.6 Å². The summed E-state index contributed by atoms with van der Waals surface area (Å²) in [4.78, 5) is 24.6. The number of carboxylic acids is 1. The molecule has 0 saturated carbocycles. The van der Waals surface area contributed by atoms with E-state index in [0.29, 0.717) is 5.56 Å². The number of pyridine rings is 1. The summed E-state index contributed by atoms with van der Waals surface area (Å²) in [7, 11) is 0. The number of carbonyl (C=O) groups is 1. The Balaban J connectivity index is 2.23. The van der Waals surface area contributed by atoms with Gasteiger partial charge in [0.15, 0.2) is 0 Å². The first-order valence-corrected chi connectivity index (χ1v) is 5.71. The molecule has 0 unspecified atom stereocenters. The van der Waals surface area contributed by atoms with Gasteiger partial charge in [0.05, 0.1) is 11.1 Å². The fourth-order valence-electron chi connectivity index (χ4n) is 1.62. The van der Waals surface area contributed by atoms with Crippen molar-refractivity contribution in [2.45, 2.75) is 6.61 Å². The third kappa shape index (κ3) is 3.50. The predicted octanol–water partition coefficient (Wildman–Crippen LogP) is 2.41. The highest BCUT2D eigenvalue weighted by Gasteiger charge is 2.17. The van der Waals surface area contributed by atoms with Gasteiger partial charge in [-0.15, -0.1) is 0 Å². The number of halogens is 1. The van der Waals surface area contributed by atoms with Gasteiger partial charge in [-0.05, 0) is 12.1 Å². The van der Waals surface area contributed by atoms with Crippen LogP contribution in [0, 0.1) is 15.9 Å². The van der Waals surface area contributed by atoms with E-state index in [9.17, 15) is 19.3 Å². The predicted molar refractivity (Wildman–Crippen MR) is 68.6 cm³/mol. The third-order valence-electron chi connectivity index (χ3n) is 2.56. The fraction of sp³-hybridized carbons (Fsp3) is 0.0769. The summed E-state index contributed by atoms with van der Waals surface area (Å²) in [5.41, 5.74) is -0.287. The lowest BCUT2D eigenvalue weighted by Crippen LogP contribution is -2.05. The molecule has 21 heavy (non-hydrogen) atoms. The summed E-state index contributed by atoms with van der Waals surface area (Å²) >= 11 is 0. The first kappa shape index (κ1) is 14.4. The molecule has 0 aliphatic rings. The number of nitro benzene ring substituents is 1. The molecule has 7 nitrogen and oxygen atoms in total. The Morgan fingerprint density at radius 2 is 2.14 bits per heavy atom. The monoisotopic (exact) mass is 292 g/mol. The van der Waals surface area contributed by atoms with Crippen LogP contribution >= 0.6 is 0 Å². The van der Waals surface area contributed by atoms with Crippen molar-refractivity contribution in [3.05, 3.63) is 63.7 Å². The van der Waals surface area contributed by atoms with Gasteiger partial charge in [0.2, 0.25) is 0 Å². The van der Waals surface area contributed by atoms with E-state index >= 15 is 0 Å². The molecule has 1 heterocycles. The quantitative estimate of drug-likeness (QED) is 0.670. The van der Waals surface area contributed by atoms with Crippen molar-refractivity contribution in [3.8, 4) is 5.75 Å². The van der Waals surface area contributed by atoms with Crippen molar-refractivity contribution in [2.24, 2.45) is 0 Å². The molecule has 0 aliphatic heterocycles. The van der Waals surface area contributed by atoms with Gasteiger partial charge in [-0.3, -0.25) is 15.1 Å². The number of nitro groups is 1. The molecule has 8 heteroatoms. The van der Waals surface area contributed by atoms with Gasteiger partial charge in [0.25, 0.3) is 5.69 Å². The Bertz CT molecular complexity index is 705. The van der Waals surface area contributed by atoms with Crippen LogP contribution in [0.3, 0.4) is 0 Å². The molecule has 1 aromatic heterocycles. The van der Waals surface area contributed by atoms with Gasteiger partial charge in [-0.25, -0.2) is 9.18 Å². The lowest BCUT2D eigenvalue weighted by Gasteiger charge is -2.09. The minimum atomic E-state index is -1.36. The molecule has 108 valence electrons. The van der Waals surface area contributed by atoms with Crippen LogP contribution in [0.1, 0.15) is 15.9 Å². The SMILES string of the molecule is O=C(O)c1cc([N+](=O)[O-])ccc1OCc1cncc(F)c1. The average molecular weight is 292 g/mol. The van der Waals surface area contributed by atoms with E-state index in [2.05, 4.69) is 4.98 Å². The van der Waals surface area contributed by atoms with E-state index in [1.165, 1.54) is 18.3 Å². The van der Waals surface area contributed by atoms with Gasteiger partial charge < -0.3 is 9.84 Å². The molecule has 0 bridgehead atoms. The van der Waals surface area contributed by atoms with Crippen LogP contribution in [0.25, 0.3) is 0 Å². The van der Waals surface area contributed by atoms with E-state index in [1.807, 2.05) is 0 Å². The molecule has 0 fully saturated rings.